The fourth-order valence-electron chi connectivity index (χ4n) is 1.39. The van der Waals surface area contributed by atoms with Gasteiger partial charge in [-0.25, -0.2) is 4.98 Å². The average molecular weight is 327 g/mol. The van der Waals surface area contributed by atoms with Crippen molar-refractivity contribution in [2.24, 2.45) is 0 Å². The number of nitrogens with one attached hydrogen (secondary N) is 1. The number of nitrogens with zero attached hydrogens (tertiary/aromatic N) is 1. The molecule has 18 heavy (non-hydrogen) atoms. The molecule has 1 aromatic heterocycles. The van der Waals surface area contributed by atoms with E-state index in [0.717, 1.165) is 0 Å². The predicted molar refractivity (Wildman–Crippen MR) is 75.8 cm³/mol. The molecular weight excluding hydrogens is 318 g/mol. The first-order valence-corrected chi connectivity index (χ1v) is 6.22. The number of para-hydroxylation sites is 1. The van der Waals surface area contributed by atoms with Crippen molar-refractivity contribution in [3.8, 4) is 0 Å². The van der Waals surface area contributed by atoms with Crippen LogP contribution in [0.3, 0.4) is 0 Å². The molecular formula is C12H9BrClN3O. The quantitative estimate of drug-likeness (QED) is 0.832. The molecule has 0 bridgehead atoms. The first-order valence-electron chi connectivity index (χ1n) is 5.05. The number of pyridine rings is 1. The van der Waals surface area contributed by atoms with Crippen molar-refractivity contribution in [3.05, 3.63) is 51.6 Å². The minimum atomic E-state index is -0.352. The van der Waals surface area contributed by atoms with Crippen LogP contribution in [-0.4, -0.2) is 10.9 Å². The number of hydrogen-bond donors (Lipinski definition) is 2. The number of halogens is 2. The van der Waals surface area contributed by atoms with Crippen LogP contribution in [-0.2, 0) is 0 Å². The van der Waals surface area contributed by atoms with Crippen LogP contribution in [0.25, 0.3) is 0 Å². The van der Waals surface area contributed by atoms with Crippen molar-refractivity contribution in [1.29, 1.82) is 0 Å². The fraction of sp³-hybridized carbons (Fsp3) is 0. The molecule has 92 valence electrons. The van der Waals surface area contributed by atoms with Gasteiger partial charge in [-0.15, -0.1) is 0 Å². The molecule has 0 saturated carbocycles. The highest BCUT2D eigenvalue weighted by Gasteiger charge is 2.13. The Morgan fingerprint density at radius 2 is 2.11 bits per heavy atom. The highest BCUT2D eigenvalue weighted by Crippen LogP contribution is 2.24. The third-order valence-electron chi connectivity index (χ3n) is 2.29. The summed E-state index contributed by atoms with van der Waals surface area (Å²) in [6, 6.07) is 8.44. The van der Waals surface area contributed by atoms with Crippen LogP contribution < -0.4 is 11.1 Å². The Kier molecular flexibility index (Phi) is 3.84. The van der Waals surface area contributed by atoms with Crippen molar-refractivity contribution in [2.45, 2.75) is 0 Å². The van der Waals surface area contributed by atoms with Crippen LogP contribution in [0.2, 0.25) is 5.02 Å². The van der Waals surface area contributed by atoms with E-state index in [1.807, 2.05) is 0 Å². The van der Waals surface area contributed by atoms with Gasteiger partial charge in [-0.1, -0.05) is 17.7 Å². The third kappa shape index (κ3) is 2.63. The monoisotopic (exact) mass is 325 g/mol. The Bertz CT molecular complexity index is 604. The Hall–Kier alpha value is -1.59. The Labute approximate surface area is 117 Å². The second-order valence-corrected chi connectivity index (χ2v) is 4.75. The SMILES string of the molecule is Nc1c(Cl)cccc1C(=O)Nc1ncccc1Br. The van der Waals surface area contributed by atoms with E-state index in [1.165, 1.54) is 0 Å². The maximum Gasteiger partial charge on any atom is 0.258 e. The van der Waals surface area contributed by atoms with Crippen molar-refractivity contribution in [3.63, 3.8) is 0 Å². The molecule has 1 aromatic carbocycles. The van der Waals surface area contributed by atoms with E-state index in [1.54, 1.807) is 36.5 Å². The van der Waals surface area contributed by atoms with E-state index < -0.39 is 0 Å². The van der Waals surface area contributed by atoms with Crippen LogP contribution in [0.5, 0.6) is 0 Å². The largest absolute Gasteiger partial charge is 0.397 e. The molecule has 0 spiro atoms. The number of rotatable bonds is 2. The van der Waals surface area contributed by atoms with Gasteiger partial charge in [0.05, 0.1) is 20.7 Å². The van der Waals surface area contributed by atoms with Crippen LogP contribution >= 0.6 is 27.5 Å². The highest BCUT2D eigenvalue weighted by atomic mass is 79.9. The Morgan fingerprint density at radius 1 is 1.33 bits per heavy atom. The Morgan fingerprint density at radius 3 is 2.83 bits per heavy atom. The van der Waals surface area contributed by atoms with E-state index in [9.17, 15) is 4.79 Å². The lowest BCUT2D eigenvalue weighted by atomic mass is 10.1. The molecule has 0 aliphatic heterocycles. The van der Waals surface area contributed by atoms with Gasteiger partial charge in [-0.2, -0.15) is 0 Å². The third-order valence-corrected chi connectivity index (χ3v) is 3.26. The van der Waals surface area contributed by atoms with Crippen LogP contribution in [0, 0.1) is 0 Å². The molecule has 2 rings (SSSR count). The van der Waals surface area contributed by atoms with Gasteiger partial charge >= 0.3 is 0 Å². The van der Waals surface area contributed by atoms with Crippen molar-refractivity contribution >= 4 is 44.9 Å². The number of benzene rings is 1. The number of carbonyl (C=O) groups excluding carboxylic acids is 1. The number of carbonyl (C=O) groups is 1. The van der Waals surface area contributed by atoms with Crippen molar-refractivity contribution < 1.29 is 4.79 Å². The van der Waals surface area contributed by atoms with E-state index in [2.05, 4.69) is 26.2 Å². The van der Waals surface area contributed by atoms with Crippen LogP contribution in [0.15, 0.2) is 41.0 Å². The van der Waals surface area contributed by atoms with Gasteiger partial charge in [0.2, 0.25) is 0 Å². The number of hydrogen-bond acceptors (Lipinski definition) is 3. The molecule has 0 atom stereocenters. The maximum absolute atomic E-state index is 12.0. The first-order chi connectivity index (χ1) is 8.59. The second kappa shape index (κ2) is 5.37. The zero-order chi connectivity index (χ0) is 13.1. The molecule has 0 radical (unpaired) electrons. The number of aromatic nitrogens is 1. The van der Waals surface area contributed by atoms with Crippen molar-refractivity contribution in [1.82, 2.24) is 4.98 Å². The standard InChI is InChI=1S/C12H9BrClN3O/c13-8-4-2-6-16-11(8)17-12(18)7-3-1-5-9(14)10(7)15/h1-6H,15H2,(H,16,17,18). The fourth-order valence-corrected chi connectivity index (χ4v) is 1.92. The lowest BCUT2D eigenvalue weighted by Crippen LogP contribution is -2.15. The highest BCUT2D eigenvalue weighted by molar-refractivity contribution is 9.10. The average Bonchev–Trinajstić information content (AvgIpc) is 2.35. The first kappa shape index (κ1) is 12.9. The molecule has 3 N–H and O–H groups in total. The van der Waals surface area contributed by atoms with E-state index >= 15 is 0 Å². The number of nitrogen functional groups attached to an aromatic ring is 1. The summed E-state index contributed by atoms with van der Waals surface area (Å²) in [5, 5.41) is 3.01. The summed E-state index contributed by atoms with van der Waals surface area (Å²) >= 11 is 9.16. The maximum atomic E-state index is 12.0. The second-order valence-electron chi connectivity index (χ2n) is 3.49. The summed E-state index contributed by atoms with van der Waals surface area (Å²) in [5.41, 5.74) is 6.32. The summed E-state index contributed by atoms with van der Waals surface area (Å²) in [5.74, 6) is 0.0799. The predicted octanol–water partition coefficient (Wildman–Crippen LogP) is 3.33. The normalized spacial score (nSPS) is 10.1. The van der Waals surface area contributed by atoms with Crippen LogP contribution in [0.4, 0.5) is 11.5 Å². The van der Waals surface area contributed by atoms with E-state index in [4.69, 9.17) is 17.3 Å². The molecule has 1 amide bonds. The molecule has 4 nitrogen and oxygen atoms in total. The number of amides is 1. The zero-order valence-electron chi connectivity index (χ0n) is 9.15. The molecule has 1 heterocycles. The molecule has 6 heteroatoms. The lowest BCUT2D eigenvalue weighted by Gasteiger charge is -2.08. The molecule has 0 unspecified atom stereocenters. The van der Waals surface area contributed by atoms with Gasteiger partial charge in [0.15, 0.2) is 0 Å². The minimum Gasteiger partial charge on any atom is -0.397 e. The molecule has 0 aliphatic rings. The summed E-state index contributed by atoms with van der Waals surface area (Å²) in [7, 11) is 0. The minimum absolute atomic E-state index is 0.253. The van der Waals surface area contributed by atoms with Gasteiger partial charge in [0.1, 0.15) is 5.82 Å². The van der Waals surface area contributed by atoms with E-state index in [0.29, 0.717) is 20.9 Å². The molecule has 2 aromatic rings. The van der Waals surface area contributed by atoms with Gasteiger partial charge in [-0.3, -0.25) is 4.79 Å². The number of nitrogens with two attached hydrogens (primary N) is 1. The molecule has 0 fully saturated rings. The van der Waals surface area contributed by atoms with E-state index in [-0.39, 0.29) is 11.6 Å². The summed E-state index contributed by atoms with van der Waals surface area (Å²) in [6.45, 7) is 0. The summed E-state index contributed by atoms with van der Waals surface area (Å²) in [4.78, 5) is 16.1. The smallest absolute Gasteiger partial charge is 0.258 e. The topological polar surface area (TPSA) is 68.0 Å². The van der Waals surface area contributed by atoms with Gasteiger partial charge in [0, 0.05) is 6.20 Å². The molecule has 0 saturated heterocycles. The lowest BCUT2D eigenvalue weighted by molar-refractivity contribution is 0.102. The molecule has 0 aliphatic carbocycles. The zero-order valence-corrected chi connectivity index (χ0v) is 11.5. The summed E-state index contributed by atoms with van der Waals surface area (Å²) < 4.78 is 0.693. The van der Waals surface area contributed by atoms with Crippen molar-refractivity contribution in [2.75, 3.05) is 11.1 Å². The van der Waals surface area contributed by atoms with Gasteiger partial charge in [0.25, 0.3) is 5.91 Å². The number of anilines is 2. The Balaban J connectivity index is 2.28. The van der Waals surface area contributed by atoms with Gasteiger partial charge < -0.3 is 11.1 Å². The van der Waals surface area contributed by atoms with Gasteiger partial charge in [-0.05, 0) is 40.2 Å². The summed E-state index contributed by atoms with van der Waals surface area (Å²) in [6.07, 6.45) is 1.59. The van der Waals surface area contributed by atoms with Crippen LogP contribution in [0.1, 0.15) is 10.4 Å².